The highest BCUT2D eigenvalue weighted by atomic mass is 15.3. The normalized spacial score (nSPS) is 24.0. The SMILES string of the molecule is C1CCNNCC1. The fraction of sp³-hybridized carbons (Fsp3) is 1.00. The third-order valence-corrected chi connectivity index (χ3v) is 1.23. The van der Waals surface area contributed by atoms with Crippen LogP contribution in [0.3, 0.4) is 0 Å². The van der Waals surface area contributed by atoms with E-state index in [1.54, 1.807) is 0 Å². The van der Waals surface area contributed by atoms with Gasteiger partial charge in [-0.3, -0.25) is 10.9 Å². The van der Waals surface area contributed by atoms with Crippen molar-refractivity contribution in [3.8, 4) is 0 Å². The number of hydrazine groups is 1. The van der Waals surface area contributed by atoms with Crippen LogP contribution in [0.5, 0.6) is 0 Å². The third-order valence-electron chi connectivity index (χ3n) is 1.23. The first-order chi connectivity index (χ1) is 3.50. The van der Waals surface area contributed by atoms with E-state index in [1.807, 2.05) is 0 Å². The second-order valence-corrected chi connectivity index (χ2v) is 1.91. The Morgan fingerprint density at radius 3 is 1.86 bits per heavy atom. The highest BCUT2D eigenvalue weighted by Gasteiger charge is 1.92. The summed E-state index contributed by atoms with van der Waals surface area (Å²) in [7, 11) is 0. The fourth-order valence-electron chi connectivity index (χ4n) is 0.780. The molecule has 42 valence electrons. The van der Waals surface area contributed by atoms with Gasteiger partial charge < -0.3 is 0 Å². The molecule has 1 aliphatic rings. The minimum absolute atomic E-state index is 1.14. The van der Waals surface area contributed by atoms with Crippen LogP contribution in [0.1, 0.15) is 19.3 Å². The van der Waals surface area contributed by atoms with Crippen molar-refractivity contribution >= 4 is 0 Å². The molecule has 0 unspecified atom stereocenters. The summed E-state index contributed by atoms with van der Waals surface area (Å²) in [5.41, 5.74) is 6.19. The molecule has 2 N–H and O–H groups in total. The van der Waals surface area contributed by atoms with Crippen molar-refractivity contribution in [2.24, 2.45) is 0 Å². The zero-order chi connectivity index (χ0) is 4.95. The van der Waals surface area contributed by atoms with E-state index in [4.69, 9.17) is 0 Å². The van der Waals surface area contributed by atoms with Gasteiger partial charge in [0.05, 0.1) is 0 Å². The van der Waals surface area contributed by atoms with E-state index >= 15 is 0 Å². The van der Waals surface area contributed by atoms with Gasteiger partial charge in [-0.2, -0.15) is 0 Å². The first-order valence-electron chi connectivity index (χ1n) is 2.96. The van der Waals surface area contributed by atoms with Gasteiger partial charge >= 0.3 is 0 Å². The lowest BCUT2D eigenvalue weighted by molar-refractivity contribution is 0.573. The molecule has 0 amide bonds. The summed E-state index contributed by atoms with van der Waals surface area (Å²) >= 11 is 0. The second-order valence-electron chi connectivity index (χ2n) is 1.91. The Hall–Kier alpha value is -0.0800. The lowest BCUT2D eigenvalue weighted by Crippen LogP contribution is -2.30. The Balaban J connectivity index is 2.04. The summed E-state index contributed by atoms with van der Waals surface area (Å²) in [5.74, 6) is 0. The van der Waals surface area contributed by atoms with Gasteiger partial charge in [0.1, 0.15) is 0 Å². The molecule has 0 aromatic carbocycles. The molecule has 0 atom stereocenters. The van der Waals surface area contributed by atoms with E-state index in [2.05, 4.69) is 10.9 Å². The van der Waals surface area contributed by atoms with Crippen LogP contribution in [0.25, 0.3) is 0 Å². The van der Waals surface area contributed by atoms with Crippen LogP contribution in [0.4, 0.5) is 0 Å². The van der Waals surface area contributed by atoms with E-state index < -0.39 is 0 Å². The zero-order valence-electron chi connectivity index (χ0n) is 4.54. The molecule has 2 nitrogen and oxygen atoms in total. The fourth-order valence-corrected chi connectivity index (χ4v) is 0.780. The topological polar surface area (TPSA) is 24.1 Å². The molecule has 0 aromatic heterocycles. The van der Waals surface area contributed by atoms with Gasteiger partial charge in [0.2, 0.25) is 0 Å². The van der Waals surface area contributed by atoms with E-state index in [0.29, 0.717) is 0 Å². The van der Waals surface area contributed by atoms with Gasteiger partial charge in [0.15, 0.2) is 0 Å². The molecular formula is C5H12N2. The van der Waals surface area contributed by atoms with Crippen LogP contribution in [0.2, 0.25) is 0 Å². The van der Waals surface area contributed by atoms with Gasteiger partial charge in [-0.25, -0.2) is 0 Å². The lowest BCUT2D eigenvalue weighted by Gasteiger charge is -1.95. The van der Waals surface area contributed by atoms with Gasteiger partial charge in [-0.1, -0.05) is 6.42 Å². The zero-order valence-corrected chi connectivity index (χ0v) is 4.54. The Morgan fingerprint density at radius 2 is 1.29 bits per heavy atom. The highest BCUT2D eigenvalue weighted by Crippen LogP contribution is 1.93. The summed E-state index contributed by atoms with van der Waals surface area (Å²) in [5, 5.41) is 0. The van der Waals surface area contributed by atoms with Crippen molar-refractivity contribution in [3.63, 3.8) is 0 Å². The standard InChI is InChI=1S/C5H12N2/c1-2-4-6-7-5-3-1/h6-7H,1-5H2. The van der Waals surface area contributed by atoms with Crippen LogP contribution >= 0.6 is 0 Å². The molecule has 0 aliphatic carbocycles. The molecule has 0 spiro atoms. The Kier molecular flexibility index (Phi) is 2.17. The first-order valence-corrected chi connectivity index (χ1v) is 2.96. The van der Waals surface area contributed by atoms with Crippen LogP contribution in [-0.4, -0.2) is 13.1 Å². The molecule has 2 heteroatoms. The lowest BCUT2D eigenvalue weighted by atomic mass is 10.2. The Bertz CT molecular complexity index is 25.7. The number of nitrogens with one attached hydrogen (secondary N) is 2. The summed E-state index contributed by atoms with van der Waals surface area (Å²) in [4.78, 5) is 0. The molecule has 1 rings (SSSR count). The van der Waals surface area contributed by atoms with E-state index in [1.165, 1.54) is 19.3 Å². The summed E-state index contributed by atoms with van der Waals surface area (Å²) in [6.45, 7) is 2.28. The maximum Gasteiger partial charge on any atom is 0.00997 e. The van der Waals surface area contributed by atoms with Crippen LogP contribution < -0.4 is 10.9 Å². The molecule has 0 aromatic rings. The summed E-state index contributed by atoms with van der Waals surface area (Å²) < 4.78 is 0. The first kappa shape index (κ1) is 5.06. The molecule has 1 saturated heterocycles. The van der Waals surface area contributed by atoms with Crippen molar-refractivity contribution in [1.29, 1.82) is 0 Å². The van der Waals surface area contributed by atoms with Gasteiger partial charge in [0, 0.05) is 13.1 Å². The number of hydrogen-bond donors (Lipinski definition) is 2. The van der Waals surface area contributed by atoms with E-state index in [9.17, 15) is 0 Å². The van der Waals surface area contributed by atoms with Crippen molar-refractivity contribution < 1.29 is 0 Å². The van der Waals surface area contributed by atoms with E-state index in [0.717, 1.165) is 13.1 Å². The molecule has 0 radical (unpaired) electrons. The van der Waals surface area contributed by atoms with Gasteiger partial charge in [0.25, 0.3) is 0 Å². The van der Waals surface area contributed by atoms with Crippen molar-refractivity contribution in [2.75, 3.05) is 13.1 Å². The quantitative estimate of drug-likeness (QED) is 0.456. The van der Waals surface area contributed by atoms with Gasteiger partial charge in [-0.05, 0) is 12.8 Å². The molecule has 0 bridgehead atoms. The molecule has 0 saturated carbocycles. The maximum absolute atomic E-state index is 3.10. The van der Waals surface area contributed by atoms with Crippen molar-refractivity contribution in [2.45, 2.75) is 19.3 Å². The molecule has 1 aliphatic heterocycles. The Morgan fingerprint density at radius 1 is 0.714 bits per heavy atom. The van der Waals surface area contributed by atoms with Crippen molar-refractivity contribution in [1.82, 2.24) is 10.9 Å². The minimum atomic E-state index is 1.14. The maximum atomic E-state index is 3.10. The summed E-state index contributed by atoms with van der Waals surface area (Å²) in [6, 6.07) is 0. The van der Waals surface area contributed by atoms with E-state index in [-0.39, 0.29) is 0 Å². The molecular weight excluding hydrogens is 88.1 g/mol. The average Bonchev–Trinajstić information content (AvgIpc) is 1.90. The van der Waals surface area contributed by atoms with Crippen LogP contribution in [0, 0.1) is 0 Å². The van der Waals surface area contributed by atoms with Gasteiger partial charge in [-0.15, -0.1) is 0 Å². The third kappa shape index (κ3) is 1.90. The van der Waals surface area contributed by atoms with Crippen molar-refractivity contribution in [3.05, 3.63) is 0 Å². The van der Waals surface area contributed by atoms with Crippen LogP contribution in [-0.2, 0) is 0 Å². The summed E-state index contributed by atoms with van der Waals surface area (Å²) in [6.07, 6.45) is 4.03. The second kappa shape index (κ2) is 2.99. The Labute approximate surface area is 44.3 Å². The number of rotatable bonds is 0. The molecule has 1 heterocycles. The monoisotopic (exact) mass is 100 g/mol. The minimum Gasteiger partial charge on any atom is -0.258 e. The predicted molar refractivity (Wildman–Crippen MR) is 29.9 cm³/mol. The number of hydrogen-bond acceptors (Lipinski definition) is 2. The predicted octanol–water partition coefficient (Wildman–Crippen LogP) is 0.265. The molecule has 7 heavy (non-hydrogen) atoms. The van der Waals surface area contributed by atoms with Crippen LogP contribution in [0.15, 0.2) is 0 Å². The smallest absolute Gasteiger partial charge is 0.00997 e. The average molecular weight is 100 g/mol. The largest absolute Gasteiger partial charge is 0.258 e. The highest BCUT2D eigenvalue weighted by molar-refractivity contribution is 4.51. The molecule has 1 fully saturated rings.